The van der Waals surface area contributed by atoms with Crippen LogP contribution >= 0.6 is 23.1 Å². The highest BCUT2D eigenvalue weighted by atomic mass is 32.2. The number of aromatic nitrogens is 2. The van der Waals surface area contributed by atoms with E-state index in [0.717, 1.165) is 11.8 Å². The molecule has 0 bridgehead atoms. The normalized spacial score (nSPS) is 10.9. The van der Waals surface area contributed by atoms with E-state index in [-0.39, 0.29) is 11.3 Å². The van der Waals surface area contributed by atoms with Crippen LogP contribution in [-0.2, 0) is 11.3 Å². The number of thiophene rings is 1. The average Bonchev–Trinajstić information content (AvgIpc) is 2.74. The van der Waals surface area contributed by atoms with Gasteiger partial charge in [0.05, 0.1) is 11.3 Å². The lowest BCUT2D eigenvalue weighted by Crippen LogP contribution is -2.21. The Balaban J connectivity index is 2.52. The Hall–Kier alpha value is -1.34. The summed E-state index contributed by atoms with van der Waals surface area (Å²) in [5.41, 5.74) is 0.540. The van der Waals surface area contributed by atoms with E-state index >= 15 is 0 Å². The summed E-state index contributed by atoms with van der Waals surface area (Å²) in [6.07, 6.45) is 0. The number of hydrogen-bond acceptors (Lipinski definition) is 5. The minimum Gasteiger partial charge on any atom is -0.481 e. The first-order valence-corrected chi connectivity index (χ1v) is 6.82. The molecular formula is C10H10N2O3S2. The summed E-state index contributed by atoms with van der Waals surface area (Å²) < 4.78 is 2.12. The number of thioether (sulfide) groups is 1. The zero-order valence-electron chi connectivity index (χ0n) is 9.04. The number of nitrogens with zero attached hydrogens (tertiary/aromatic N) is 2. The second kappa shape index (κ2) is 4.89. The van der Waals surface area contributed by atoms with Gasteiger partial charge in [0.15, 0.2) is 5.16 Å². The van der Waals surface area contributed by atoms with E-state index in [2.05, 4.69) is 4.98 Å². The fourth-order valence-corrected chi connectivity index (χ4v) is 3.00. The van der Waals surface area contributed by atoms with Crippen molar-refractivity contribution in [1.82, 2.24) is 9.55 Å². The van der Waals surface area contributed by atoms with Gasteiger partial charge in [0.25, 0.3) is 5.56 Å². The first-order chi connectivity index (χ1) is 8.13. The second-order valence-electron chi connectivity index (χ2n) is 3.26. The third-order valence-corrected chi connectivity index (χ3v) is 4.02. The predicted octanol–water partition coefficient (Wildman–Crippen LogP) is 1.65. The smallest absolute Gasteiger partial charge is 0.313 e. The number of rotatable bonds is 4. The molecule has 2 rings (SSSR count). The standard InChI is InChI=1S/C10H10N2O3S2/c1-2-12-9(15)8-6(3-4-16-8)11-10(12)17-5-7(13)14/h3-4H,2,5H2,1H3,(H,13,14). The van der Waals surface area contributed by atoms with Gasteiger partial charge in [-0.05, 0) is 18.4 Å². The molecule has 0 saturated carbocycles. The molecule has 0 aliphatic heterocycles. The topological polar surface area (TPSA) is 72.2 Å². The average molecular weight is 270 g/mol. The first kappa shape index (κ1) is 12.1. The van der Waals surface area contributed by atoms with Crippen LogP contribution in [-0.4, -0.2) is 26.4 Å². The summed E-state index contributed by atoms with van der Waals surface area (Å²) in [7, 11) is 0. The molecule has 2 aromatic heterocycles. The monoisotopic (exact) mass is 270 g/mol. The van der Waals surface area contributed by atoms with Crippen LogP contribution in [0.2, 0.25) is 0 Å². The molecule has 0 amide bonds. The SMILES string of the molecule is CCn1c(SCC(=O)O)nc2ccsc2c1=O. The lowest BCUT2D eigenvalue weighted by atomic mass is 10.5. The molecule has 0 aliphatic carbocycles. The van der Waals surface area contributed by atoms with E-state index in [4.69, 9.17) is 5.11 Å². The van der Waals surface area contributed by atoms with Gasteiger partial charge in [0.1, 0.15) is 4.70 Å². The van der Waals surface area contributed by atoms with Gasteiger partial charge in [-0.3, -0.25) is 14.2 Å². The van der Waals surface area contributed by atoms with E-state index in [1.165, 1.54) is 15.9 Å². The van der Waals surface area contributed by atoms with Crippen molar-refractivity contribution in [3.05, 3.63) is 21.8 Å². The molecule has 0 aromatic carbocycles. The molecule has 0 unspecified atom stereocenters. The fourth-order valence-electron chi connectivity index (χ4n) is 1.44. The number of hydrogen-bond donors (Lipinski definition) is 1. The minimum atomic E-state index is -0.919. The summed E-state index contributed by atoms with van der Waals surface area (Å²) in [6, 6.07) is 1.77. The van der Waals surface area contributed by atoms with Crippen molar-refractivity contribution in [2.24, 2.45) is 0 Å². The molecule has 0 atom stereocenters. The molecule has 0 aliphatic rings. The number of carboxylic acid groups (broad SMARTS) is 1. The molecule has 2 heterocycles. The summed E-state index contributed by atoms with van der Waals surface area (Å²) in [5, 5.41) is 10.9. The Morgan fingerprint density at radius 1 is 1.65 bits per heavy atom. The van der Waals surface area contributed by atoms with E-state index in [0.29, 0.717) is 21.9 Å². The molecular weight excluding hydrogens is 260 g/mol. The fraction of sp³-hybridized carbons (Fsp3) is 0.300. The zero-order chi connectivity index (χ0) is 12.4. The maximum Gasteiger partial charge on any atom is 0.313 e. The third kappa shape index (κ3) is 2.34. The lowest BCUT2D eigenvalue weighted by Gasteiger charge is -2.08. The minimum absolute atomic E-state index is 0.0952. The maximum absolute atomic E-state index is 12.1. The number of carboxylic acids is 1. The Morgan fingerprint density at radius 2 is 2.41 bits per heavy atom. The van der Waals surface area contributed by atoms with Crippen molar-refractivity contribution in [2.75, 3.05) is 5.75 Å². The molecule has 0 saturated heterocycles. The van der Waals surface area contributed by atoms with Crippen molar-refractivity contribution < 1.29 is 9.90 Å². The van der Waals surface area contributed by atoms with E-state index < -0.39 is 5.97 Å². The zero-order valence-corrected chi connectivity index (χ0v) is 10.7. The largest absolute Gasteiger partial charge is 0.481 e. The van der Waals surface area contributed by atoms with Crippen LogP contribution in [0, 0.1) is 0 Å². The highest BCUT2D eigenvalue weighted by Crippen LogP contribution is 2.20. The van der Waals surface area contributed by atoms with Crippen molar-refractivity contribution in [2.45, 2.75) is 18.6 Å². The molecule has 0 spiro atoms. The quantitative estimate of drug-likeness (QED) is 0.675. The Labute approximate surface area is 105 Å². The second-order valence-corrected chi connectivity index (χ2v) is 5.12. The van der Waals surface area contributed by atoms with Crippen molar-refractivity contribution in [3.63, 3.8) is 0 Å². The van der Waals surface area contributed by atoms with Crippen LogP contribution in [0.5, 0.6) is 0 Å². The van der Waals surface area contributed by atoms with Crippen LogP contribution in [0.1, 0.15) is 6.92 Å². The molecule has 2 aromatic rings. The van der Waals surface area contributed by atoms with E-state index in [1.54, 1.807) is 6.07 Å². The predicted molar refractivity (Wildman–Crippen MR) is 67.9 cm³/mol. The molecule has 7 heteroatoms. The van der Waals surface area contributed by atoms with E-state index in [1.807, 2.05) is 12.3 Å². The van der Waals surface area contributed by atoms with Crippen molar-refractivity contribution in [1.29, 1.82) is 0 Å². The molecule has 0 fully saturated rings. The number of aliphatic carboxylic acids is 1. The van der Waals surface area contributed by atoms with Gasteiger partial charge in [0.2, 0.25) is 0 Å². The van der Waals surface area contributed by atoms with Gasteiger partial charge in [-0.1, -0.05) is 11.8 Å². The number of carbonyl (C=O) groups is 1. The van der Waals surface area contributed by atoms with Gasteiger partial charge in [-0.25, -0.2) is 4.98 Å². The first-order valence-electron chi connectivity index (χ1n) is 4.96. The molecule has 0 radical (unpaired) electrons. The van der Waals surface area contributed by atoms with Crippen LogP contribution in [0.25, 0.3) is 10.2 Å². The van der Waals surface area contributed by atoms with Crippen LogP contribution < -0.4 is 5.56 Å². The van der Waals surface area contributed by atoms with Crippen molar-refractivity contribution in [3.8, 4) is 0 Å². The summed E-state index contributed by atoms with van der Waals surface area (Å²) in [5.74, 6) is -1.01. The molecule has 90 valence electrons. The summed E-state index contributed by atoms with van der Waals surface area (Å²) in [4.78, 5) is 26.9. The van der Waals surface area contributed by atoms with Gasteiger partial charge in [0, 0.05) is 6.54 Å². The highest BCUT2D eigenvalue weighted by Gasteiger charge is 2.12. The van der Waals surface area contributed by atoms with Crippen LogP contribution in [0.4, 0.5) is 0 Å². The highest BCUT2D eigenvalue weighted by molar-refractivity contribution is 7.99. The maximum atomic E-state index is 12.1. The third-order valence-electron chi connectivity index (χ3n) is 2.17. The summed E-state index contributed by atoms with van der Waals surface area (Å²) >= 11 is 2.42. The van der Waals surface area contributed by atoms with Crippen LogP contribution in [0.3, 0.4) is 0 Å². The molecule has 1 N–H and O–H groups in total. The van der Waals surface area contributed by atoms with Gasteiger partial charge < -0.3 is 5.11 Å². The lowest BCUT2D eigenvalue weighted by molar-refractivity contribution is -0.133. The van der Waals surface area contributed by atoms with Gasteiger partial charge in [-0.15, -0.1) is 11.3 Å². The molecule has 5 nitrogen and oxygen atoms in total. The van der Waals surface area contributed by atoms with Crippen LogP contribution in [0.15, 0.2) is 21.4 Å². The Bertz CT molecular complexity index is 618. The summed E-state index contributed by atoms with van der Waals surface area (Å²) in [6.45, 7) is 2.33. The van der Waals surface area contributed by atoms with Gasteiger partial charge in [-0.2, -0.15) is 0 Å². The Morgan fingerprint density at radius 3 is 3.06 bits per heavy atom. The van der Waals surface area contributed by atoms with Crippen molar-refractivity contribution >= 4 is 39.3 Å². The number of fused-ring (bicyclic) bond motifs is 1. The van der Waals surface area contributed by atoms with Gasteiger partial charge >= 0.3 is 5.97 Å². The Kier molecular flexibility index (Phi) is 3.49. The molecule has 17 heavy (non-hydrogen) atoms. The van der Waals surface area contributed by atoms with E-state index in [9.17, 15) is 9.59 Å².